The lowest BCUT2D eigenvalue weighted by Crippen LogP contribution is -2.49. The van der Waals surface area contributed by atoms with Crippen LogP contribution in [0.2, 0.25) is 0 Å². The second kappa shape index (κ2) is 2.94. The van der Waals surface area contributed by atoms with Crippen molar-refractivity contribution in [3.05, 3.63) is 0 Å². The first-order valence-corrected chi connectivity index (χ1v) is 5.01. The van der Waals surface area contributed by atoms with E-state index in [1.54, 1.807) is 0 Å². The lowest BCUT2D eigenvalue weighted by molar-refractivity contribution is -0.183. The minimum Gasteiger partial charge on any atom is -0.481 e. The van der Waals surface area contributed by atoms with Crippen molar-refractivity contribution >= 4 is 5.97 Å². The fourth-order valence-corrected chi connectivity index (χ4v) is 2.19. The third-order valence-corrected chi connectivity index (χ3v) is 3.30. The van der Waals surface area contributed by atoms with Crippen LogP contribution in [0.5, 0.6) is 0 Å². The molecule has 0 spiro atoms. The maximum absolute atomic E-state index is 11.2. The summed E-state index contributed by atoms with van der Waals surface area (Å²) >= 11 is 0. The van der Waals surface area contributed by atoms with E-state index in [1.165, 1.54) is 0 Å². The lowest BCUT2D eigenvalue weighted by atomic mass is 9.65. The van der Waals surface area contributed by atoms with Gasteiger partial charge in [-0.15, -0.1) is 0 Å². The molecule has 1 heterocycles. The molecule has 1 aliphatic carbocycles. The van der Waals surface area contributed by atoms with E-state index in [-0.39, 0.29) is 6.10 Å². The van der Waals surface area contributed by atoms with Crippen LogP contribution in [-0.4, -0.2) is 29.6 Å². The third kappa shape index (κ3) is 1.33. The van der Waals surface area contributed by atoms with Crippen LogP contribution < -0.4 is 0 Å². The molecule has 80 valence electrons. The van der Waals surface area contributed by atoms with E-state index in [1.807, 2.05) is 13.8 Å². The van der Waals surface area contributed by atoms with Crippen molar-refractivity contribution in [1.82, 2.24) is 0 Å². The Bertz CT molecular complexity index is 255. The number of aliphatic carboxylic acids is 1. The number of hydrogen-bond acceptors (Lipinski definition) is 3. The normalized spacial score (nSPS) is 33.7. The number of carboxylic acids is 1. The zero-order valence-electron chi connectivity index (χ0n) is 8.58. The summed E-state index contributed by atoms with van der Waals surface area (Å²) < 4.78 is 11.0. The van der Waals surface area contributed by atoms with E-state index in [0.717, 1.165) is 6.42 Å². The van der Waals surface area contributed by atoms with E-state index in [4.69, 9.17) is 9.47 Å². The van der Waals surface area contributed by atoms with E-state index >= 15 is 0 Å². The number of rotatable bonds is 2. The van der Waals surface area contributed by atoms with Gasteiger partial charge < -0.3 is 14.6 Å². The molecule has 14 heavy (non-hydrogen) atoms. The smallest absolute Gasteiger partial charge is 0.312 e. The largest absolute Gasteiger partial charge is 0.481 e. The third-order valence-electron chi connectivity index (χ3n) is 3.30. The van der Waals surface area contributed by atoms with Gasteiger partial charge >= 0.3 is 5.97 Å². The molecule has 1 N–H and O–H groups in total. The van der Waals surface area contributed by atoms with Crippen LogP contribution in [0.15, 0.2) is 0 Å². The zero-order valence-corrected chi connectivity index (χ0v) is 8.58. The Hall–Kier alpha value is -0.610. The molecule has 0 aromatic heterocycles. The van der Waals surface area contributed by atoms with Gasteiger partial charge in [-0.3, -0.25) is 4.79 Å². The van der Waals surface area contributed by atoms with E-state index in [0.29, 0.717) is 19.4 Å². The van der Waals surface area contributed by atoms with Gasteiger partial charge in [-0.1, -0.05) is 6.42 Å². The maximum atomic E-state index is 11.2. The van der Waals surface area contributed by atoms with Crippen molar-refractivity contribution in [2.45, 2.75) is 45.0 Å². The Morgan fingerprint density at radius 1 is 1.43 bits per heavy atom. The van der Waals surface area contributed by atoms with E-state index in [2.05, 4.69) is 0 Å². The highest BCUT2D eigenvalue weighted by Gasteiger charge is 2.55. The fourth-order valence-electron chi connectivity index (χ4n) is 2.19. The van der Waals surface area contributed by atoms with Gasteiger partial charge in [-0.25, -0.2) is 0 Å². The van der Waals surface area contributed by atoms with Crippen molar-refractivity contribution in [2.24, 2.45) is 5.41 Å². The Morgan fingerprint density at radius 2 is 2.07 bits per heavy atom. The Kier molecular flexibility index (Phi) is 2.08. The van der Waals surface area contributed by atoms with Crippen LogP contribution >= 0.6 is 0 Å². The molecule has 2 fully saturated rings. The SMILES string of the molecule is CC1(C)OCC(C2(C(=O)O)CCC2)O1. The van der Waals surface area contributed by atoms with Crippen molar-refractivity contribution in [2.75, 3.05) is 6.61 Å². The first kappa shape index (κ1) is 9.93. The summed E-state index contributed by atoms with van der Waals surface area (Å²) in [5.74, 6) is -1.36. The second-order valence-electron chi connectivity index (χ2n) is 4.63. The maximum Gasteiger partial charge on any atom is 0.312 e. The van der Waals surface area contributed by atoms with Crippen molar-refractivity contribution in [3.63, 3.8) is 0 Å². The molecule has 0 amide bonds. The monoisotopic (exact) mass is 200 g/mol. The fraction of sp³-hybridized carbons (Fsp3) is 0.900. The molecule has 1 saturated heterocycles. The summed E-state index contributed by atoms with van der Waals surface area (Å²) in [6.07, 6.45) is 2.13. The average molecular weight is 200 g/mol. The molecule has 0 radical (unpaired) electrons. The van der Waals surface area contributed by atoms with Crippen LogP contribution in [0, 0.1) is 5.41 Å². The van der Waals surface area contributed by atoms with Gasteiger partial charge in [-0.05, 0) is 26.7 Å². The molecule has 1 aliphatic heterocycles. The Morgan fingerprint density at radius 3 is 2.36 bits per heavy atom. The molecule has 0 bridgehead atoms. The minimum absolute atomic E-state index is 0.274. The van der Waals surface area contributed by atoms with Gasteiger partial charge in [0.1, 0.15) is 6.10 Å². The Labute approximate surface area is 83.2 Å². The summed E-state index contributed by atoms with van der Waals surface area (Å²) in [6.45, 7) is 4.04. The van der Waals surface area contributed by atoms with Crippen molar-refractivity contribution in [3.8, 4) is 0 Å². The summed E-state index contributed by atoms with van der Waals surface area (Å²) in [5, 5.41) is 9.18. The highest BCUT2D eigenvalue weighted by atomic mass is 16.7. The molecule has 1 saturated carbocycles. The number of ether oxygens (including phenoxy) is 2. The van der Waals surface area contributed by atoms with Gasteiger partial charge in [0.25, 0.3) is 0 Å². The molecule has 4 heteroatoms. The minimum atomic E-state index is -0.741. The predicted octanol–water partition coefficient (Wildman–Crippen LogP) is 1.39. The first-order chi connectivity index (χ1) is 6.46. The molecule has 1 atom stereocenters. The highest BCUT2D eigenvalue weighted by Crippen LogP contribution is 2.48. The topological polar surface area (TPSA) is 55.8 Å². The zero-order chi connectivity index (χ0) is 10.4. The first-order valence-electron chi connectivity index (χ1n) is 5.01. The molecule has 0 aromatic rings. The van der Waals surface area contributed by atoms with Gasteiger partial charge in [-0.2, -0.15) is 0 Å². The van der Waals surface area contributed by atoms with Crippen molar-refractivity contribution in [1.29, 1.82) is 0 Å². The molecular weight excluding hydrogens is 184 g/mol. The standard InChI is InChI=1S/C10H16O4/c1-9(2)13-6-7(14-9)10(8(11)12)4-3-5-10/h7H,3-6H2,1-2H3,(H,11,12). The molecule has 2 aliphatic rings. The van der Waals surface area contributed by atoms with Gasteiger partial charge in [0.05, 0.1) is 12.0 Å². The molecular formula is C10H16O4. The van der Waals surface area contributed by atoms with Crippen LogP contribution in [0.1, 0.15) is 33.1 Å². The Balaban J connectivity index is 2.11. The lowest BCUT2D eigenvalue weighted by Gasteiger charge is -2.41. The van der Waals surface area contributed by atoms with Crippen LogP contribution in [0.3, 0.4) is 0 Å². The number of carboxylic acid groups (broad SMARTS) is 1. The van der Waals surface area contributed by atoms with Crippen molar-refractivity contribution < 1.29 is 19.4 Å². The summed E-state index contributed by atoms with van der Waals surface area (Å²) in [6, 6.07) is 0. The molecule has 1 unspecified atom stereocenters. The van der Waals surface area contributed by atoms with Gasteiger partial charge in [0.2, 0.25) is 0 Å². The van der Waals surface area contributed by atoms with Crippen LogP contribution in [0.25, 0.3) is 0 Å². The second-order valence-corrected chi connectivity index (χ2v) is 4.63. The van der Waals surface area contributed by atoms with Gasteiger partial charge in [0.15, 0.2) is 5.79 Å². The van der Waals surface area contributed by atoms with Crippen LogP contribution in [0.4, 0.5) is 0 Å². The summed E-state index contributed by atoms with van der Waals surface area (Å²) in [4.78, 5) is 11.2. The number of hydrogen-bond donors (Lipinski definition) is 1. The predicted molar refractivity (Wildman–Crippen MR) is 48.8 cm³/mol. The van der Waals surface area contributed by atoms with E-state index in [9.17, 15) is 9.90 Å². The highest BCUT2D eigenvalue weighted by molar-refractivity contribution is 5.76. The number of carbonyl (C=O) groups is 1. The molecule has 0 aromatic carbocycles. The van der Waals surface area contributed by atoms with Gasteiger partial charge in [0, 0.05) is 0 Å². The summed E-state index contributed by atoms with van der Waals surface area (Å²) in [5.41, 5.74) is -0.673. The average Bonchev–Trinajstić information content (AvgIpc) is 2.27. The quantitative estimate of drug-likeness (QED) is 0.731. The molecule has 4 nitrogen and oxygen atoms in total. The summed E-state index contributed by atoms with van der Waals surface area (Å²) in [7, 11) is 0. The molecule has 2 rings (SSSR count). The van der Waals surface area contributed by atoms with Crippen LogP contribution in [-0.2, 0) is 14.3 Å². The van der Waals surface area contributed by atoms with E-state index < -0.39 is 17.2 Å².